The van der Waals surface area contributed by atoms with Gasteiger partial charge in [0.2, 0.25) is 5.75 Å². The molecule has 0 spiro atoms. The highest BCUT2D eigenvalue weighted by Gasteiger charge is 2.27. The fourth-order valence-corrected chi connectivity index (χ4v) is 3.55. The summed E-state index contributed by atoms with van der Waals surface area (Å²) in [7, 11) is 3.08. The van der Waals surface area contributed by atoms with Crippen LogP contribution in [-0.2, 0) is 20.9 Å². The molecule has 3 rings (SSSR count). The van der Waals surface area contributed by atoms with Crippen LogP contribution in [0.3, 0.4) is 0 Å². The van der Waals surface area contributed by atoms with Gasteiger partial charge in [-0.1, -0.05) is 31.9 Å². The quantitative estimate of drug-likeness (QED) is 0.384. The van der Waals surface area contributed by atoms with E-state index < -0.39 is 0 Å². The molecule has 0 bridgehead atoms. The summed E-state index contributed by atoms with van der Waals surface area (Å²) in [6.45, 7) is 2.57. The van der Waals surface area contributed by atoms with Crippen molar-refractivity contribution >= 4 is 11.9 Å². The Morgan fingerprint density at radius 3 is 2.52 bits per heavy atom. The Labute approximate surface area is 182 Å². The molecule has 1 aliphatic rings. The number of hydrogen-bond acceptors (Lipinski definition) is 7. The van der Waals surface area contributed by atoms with Crippen molar-refractivity contribution in [3.63, 3.8) is 0 Å². The molecular weight excluding hydrogens is 400 g/mol. The van der Waals surface area contributed by atoms with Gasteiger partial charge in [0, 0.05) is 17.5 Å². The summed E-state index contributed by atoms with van der Waals surface area (Å²) in [6.07, 6.45) is 3.29. The average molecular weight is 428 g/mol. The number of ether oxygens (including phenoxy) is 5. The SMILES string of the molecule is CCCCCC(=O)OCCOc1c(-c2cccc3c2COC3=O)ccc(OC)c1OC. The van der Waals surface area contributed by atoms with Crippen molar-refractivity contribution in [3.05, 3.63) is 41.5 Å². The Kier molecular flexibility index (Phi) is 7.76. The Morgan fingerprint density at radius 1 is 0.968 bits per heavy atom. The maximum atomic E-state index is 12.0. The van der Waals surface area contributed by atoms with Crippen LogP contribution in [0.15, 0.2) is 30.3 Å². The highest BCUT2D eigenvalue weighted by Crippen LogP contribution is 2.46. The molecule has 0 radical (unpaired) electrons. The van der Waals surface area contributed by atoms with E-state index in [0.717, 1.165) is 36.0 Å². The van der Waals surface area contributed by atoms with Crippen LogP contribution in [0.1, 0.15) is 48.5 Å². The number of benzene rings is 2. The lowest BCUT2D eigenvalue weighted by molar-refractivity contribution is -0.144. The number of fused-ring (bicyclic) bond motifs is 1. The number of cyclic esters (lactones) is 1. The zero-order valence-corrected chi connectivity index (χ0v) is 18.2. The van der Waals surface area contributed by atoms with Gasteiger partial charge >= 0.3 is 11.9 Å². The van der Waals surface area contributed by atoms with E-state index in [0.29, 0.717) is 29.2 Å². The van der Waals surface area contributed by atoms with E-state index >= 15 is 0 Å². The molecule has 0 saturated carbocycles. The topological polar surface area (TPSA) is 80.3 Å². The molecule has 1 heterocycles. The third kappa shape index (κ3) is 5.10. The van der Waals surface area contributed by atoms with Gasteiger partial charge in [-0.15, -0.1) is 0 Å². The number of unbranched alkanes of at least 4 members (excludes halogenated alkanes) is 2. The van der Waals surface area contributed by atoms with Gasteiger partial charge in [-0.3, -0.25) is 4.79 Å². The minimum atomic E-state index is -0.338. The van der Waals surface area contributed by atoms with E-state index in [-0.39, 0.29) is 31.8 Å². The van der Waals surface area contributed by atoms with Gasteiger partial charge in [-0.2, -0.15) is 0 Å². The standard InChI is InChI=1S/C24H28O7/c1-4-5-6-10-21(25)29-13-14-30-22-17(11-12-20(27-2)23(22)28-3)16-8-7-9-18-19(16)15-31-24(18)26/h7-9,11-12H,4-6,10,13-15H2,1-3H3. The van der Waals surface area contributed by atoms with Gasteiger partial charge < -0.3 is 23.7 Å². The van der Waals surface area contributed by atoms with Gasteiger partial charge in [0.25, 0.3) is 0 Å². The zero-order valence-electron chi connectivity index (χ0n) is 18.2. The minimum Gasteiger partial charge on any atom is -0.493 e. The first-order chi connectivity index (χ1) is 15.1. The first-order valence-electron chi connectivity index (χ1n) is 10.4. The van der Waals surface area contributed by atoms with Gasteiger partial charge in [0.1, 0.15) is 19.8 Å². The largest absolute Gasteiger partial charge is 0.493 e. The molecule has 7 nitrogen and oxygen atoms in total. The monoisotopic (exact) mass is 428 g/mol. The van der Waals surface area contributed by atoms with Crippen LogP contribution in [0.5, 0.6) is 17.2 Å². The summed E-state index contributed by atoms with van der Waals surface area (Å²) >= 11 is 0. The van der Waals surface area contributed by atoms with E-state index in [1.54, 1.807) is 25.3 Å². The van der Waals surface area contributed by atoms with E-state index in [1.165, 1.54) is 7.11 Å². The van der Waals surface area contributed by atoms with Crippen LogP contribution < -0.4 is 14.2 Å². The molecule has 1 aliphatic heterocycles. The Bertz CT molecular complexity index is 936. The number of rotatable bonds is 11. The van der Waals surface area contributed by atoms with Crippen molar-refractivity contribution < 1.29 is 33.3 Å². The zero-order chi connectivity index (χ0) is 22.2. The first-order valence-corrected chi connectivity index (χ1v) is 10.4. The van der Waals surface area contributed by atoms with Crippen LogP contribution in [0.25, 0.3) is 11.1 Å². The molecule has 0 amide bonds. The van der Waals surface area contributed by atoms with Gasteiger partial charge in [0.15, 0.2) is 11.5 Å². The second-order valence-corrected chi connectivity index (χ2v) is 7.11. The first kappa shape index (κ1) is 22.5. The summed E-state index contributed by atoms with van der Waals surface area (Å²) in [6, 6.07) is 9.09. The van der Waals surface area contributed by atoms with E-state index in [1.807, 2.05) is 12.1 Å². The fraction of sp³-hybridized carbons (Fsp3) is 0.417. The van der Waals surface area contributed by atoms with Crippen molar-refractivity contribution in [2.24, 2.45) is 0 Å². The van der Waals surface area contributed by atoms with E-state index in [2.05, 4.69) is 6.92 Å². The number of carbonyl (C=O) groups excluding carboxylic acids is 2. The molecular formula is C24H28O7. The summed E-state index contributed by atoms with van der Waals surface area (Å²) in [4.78, 5) is 23.8. The Balaban J connectivity index is 1.82. The number of methoxy groups -OCH3 is 2. The molecule has 2 aromatic carbocycles. The summed E-state index contributed by atoms with van der Waals surface area (Å²) in [5.41, 5.74) is 2.89. The summed E-state index contributed by atoms with van der Waals surface area (Å²) < 4.78 is 27.4. The third-order valence-corrected chi connectivity index (χ3v) is 5.11. The lowest BCUT2D eigenvalue weighted by Crippen LogP contribution is -2.13. The molecule has 0 N–H and O–H groups in total. The number of hydrogen-bond donors (Lipinski definition) is 0. The normalized spacial score (nSPS) is 12.2. The molecule has 7 heteroatoms. The molecule has 0 saturated heterocycles. The minimum absolute atomic E-state index is 0.124. The maximum absolute atomic E-state index is 12.0. The maximum Gasteiger partial charge on any atom is 0.338 e. The summed E-state index contributed by atoms with van der Waals surface area (Å²) in [5.74, 6) is 0.827. The van der Waals surface area contributed by atoms with Crippen molar-refractivity contribution in [1.82, 2.24) is 0 Å². The molecule has 2 aromatic rings. The lowest BCUT2D eigenvalue weighted by atomic mass is 9.95. The van der Waals surface area contributed by atoms with Gasteiger partial charge in [-0.05, 0) is 30.2 Å². The highest BCUT2D eigenvalue weighted by molar-refractivity contribution is 5.96. The van der Waals surface area contributed by atoms with Crippen molar-refractivity contribution in [1.29, 1.82) is 0 Å². The Hall–Kier alpha value is -3.22. The molecule has 166 valence electrons. The lowest BCUT2D eigenvalue weighted by Gasteiger charge is -2.19. The van der Waals surface area contributed by atoms with Crippen molar-refractivity contribution in [2.75, 3.05) is 27.4 Å². The van der Waals surface area contributed by atoms with E-state index in [9.17, 15) is 9.59 Å². The molecule has 0 aromatic heterocycles. The fourth-order valence-electron chi connectivity index (χ4n) is 3.55. The average Bonchev–Trinajstić information content (AvgIpc) is 3.17. The second-order valence-electron chi connectivity index (χ2n) is 7.11. The van der Waals surface area contributed by atoms with Crippen molar-refractivity contribution in [2.45, 2.75) is 39.2 Å². The molecule has 0 fully saturated rings. The molecule has 0 atom stereocenters. The second kappa shape index (κ2) is 10.7. The van der Waals surface area contributed by atoms with Gasteiger partial charge in [0.05, 0.1) is 19.8 Å². The number of esters is 2. The van der Waals surface area contributed by atoms with Crippen LogP contribution in [-0.4, -0.2) is 39.4 Å². The van der Waals surface area contributed by atoms with E-state index in [4.69, 9.17) is 23.7 Å². The van der Waals surface area contributed by atoms with Crippen molar-refractivity contribution in [3.8, 4) is 28.4 Å². The van der Waals surface area contributed by atoms with Crippen LogP contribution >= 0.6 is 0 Å². The molecule has 0 unspecified atom stereocenters. The van der Waals surface area contributed by atoms with Crippen LogP contribution in [0.2, 0.25) is 0 Å². The summed E-state index contributed by atoms with van der Waals surface area (Å²) in [5, 5.41) is 0. The third-order valence-electron chi connectivity index (χ3n) is 5.11. The Morgan fingerprint density at radius 2 is 1.77 bits per heavy atom. The van der Waals surface area contributed by atoms with Crippen LogP contribution in [0, 0.1) is 0 Å². The number of carbonyl (C=O) groups is 2. The molecule has 31 heavy (non-hydrogen) atoms. The smallest absolute Gasteiger partial charge is 0.338 e. The van der Waals surface area contributed by atoms with Crippen LogP contribution in [0.4, 0.5) is 0 Å². The predicted molar refractivity (Wildman–Crippen MR) is 115 cm³/mol. The molecule has 0 aliphatic carbocycles. The predicted octanol–water partition coefficient (Wildman–Crippen LogP) is 4.54. The van der Waals surface area contributed by atoms with Gasteiger partial charge in [-0.25, -0.2) is 4.79 Å². The highest BCUT2D eigenvalue weighted by atomic mass is 16.6.